The summed E-state index contributed by atoms with van der Waals surface area (Å²) in [6.45, 7) is 1.98. The van der Waals surface area contributed by atoms with E-state index in [2.05, 4.69) is 5.32 Å². The number of aromatic carboxylic acids is 1. The maximum atomic E-state index is 11.5. The van der Waals surface area contributed by atoms with Crippen LogP contribution in [0.25, 0.3) is 0 Å². The van der Waals surface area contributed by atoms with E-state index < -0.39 is 22.7 Å². The second-order valence-corrected chi connectivity index (χ2v) is 5.33. The van der Waals surface area contributed by atoms with Crippen LogP contribution in [0.3, 0.4) is 0 Å². The van der Waals surface area contributed by atoms with Crippen LogP contribution < -0.4 is 5.32 Å². The van der Waals surface area contributed by atoms with Crippen molar-refractivity contribution in [3.8, 4) is 0 Å². The van der Waals surface area contributed by atoms with Gasteiger partial charge in [-0.3, -0.25) is 9.00 Å². The van der Waals surface area contributed by atoms with Gasteiger partial charge in [-0.25, -0.2) is 4.79 Å². The van der Waals surface area contributed by atoms with E-state index in [1.54, 1.807) is 13.2 Å². The lowest BCUT2D eigenvalue weighted by molar-refractivity contribution is 0.0696. The van der Waals surface area contributed by atoms with Gasteiger partial charge in [-0.15, -0.1) is 0 Å². The Kier molecular flexibility index (Phi) is 4.45. The Labute approximate surface area is 100 Å². The monoisotopic (exact) mass is 259 g/mol. The molecule has 1 heterocycles. The van der Waals surface area contributed by atoms with Gasteiger partial charge in [0.25, 0.3) is 5.91 Å². The highest BCUT2D eigenvalue weighted by Gasteiger charge is 2.15. The lowest BCUT2D eigenvalue weighted by atomic mass is 10.3. The predicted molar refractivity (Wildman–Crippen MR) is 61.5 cm³/mol. The highest BCUT2D eigenvalue weighted by molar-refractivity contribution is 7.84. The average molecular weight is 259 g/mol. The molecule has 1 amide bonds. The fraction of sp³-hybridized carbons (Fsp3) is 0.400. The summed E-state index contributed by atoms with van der Waals surface area (Å²) < 4.78 is 15.9. The summed E-state index contributed by atoms with van der Waals surface area (Å²) in [4.78, 5) is 22.1. The van der Waals surface area contributed by atoms with E-state index in [0.29, 0.717) is 0 Å². The third kappa shape index (κ3) is 3.70. The Bertz CT molecular complexity index is 453. The van der Waals surface area contributed by atoms with Crippen molar-refractivity contribution < 1.29 is 23.3 Å². The van der Waals surface area contributed by atoms with E-state index in [4.69, 9.17) is 9.52 Å². The lowest BCUT2D eigenvalue weighted by Gasteiger charge is -2.08. The van der Waals surface area contributed by atoms with E-state index in [-0.39, 0.29) is 23.1 Å². The number of carbonyl (C=O) groups is 2. The van der Waals surface area contributed by atoms with Gasteiger partial charge in [0.1, 0.15) is 6.26 Å². The molecule has 0 aliphatic carbocycles. The summed E-state index contributed by atoms with van der Waals surface area (Å²) in [5.41, 5.74) is -0.0812. The Balaban J connectivity index is 2.58. The van der Waals surface area contributed by atoms with Crippen molar-refractivity contribution in [2.24, 2.45) is 0 Å². The van der Waals surface area contributed by atoms with Crippen molar-refractivity contribution in [2.45, 2.75) is 12.2 Å². The minimum absolute atomic E-state index is 0.0727. The predicted octanol–water partition coefficient (Wildman–Crippen LogP) is 0.475. The van der Waals surface area contributed by atoms with Crippen LogP contribution in [-0.2, 0) is 10.8 Å². The first-order chi connectivity index (χ1) is 7.91. The third-order valence-corrected chi connectivity index (χ3v) is 3.49. The summed E-state index contributed by atoms with van der Waals surface area (Å²) in [5, 5.41) is 11.0. The van der Waals surface area contributed by atoms with Crippen LogP contribution in [0.15, 0.2) is 16.7 Å². The van der Waals surface area contributed by atoms with E-state index >= 15 is 0 Å². The second-order valence-electron chi connectivity index (χ2n) is 3.52. The first kappa shape index (κ1) is 13.4. The van der Waals surface area contributed by atoms with Crippen LogP contribution in [-0.4, -0.2) is 39.2 Å². The Hall–Kier alpha value is -1.63. The number of carbonyl (C=O) groups excluding carboxylic acids is 1. The number of hydrogen-bond donors (Lipinski definition) is 2. The molecule has 2 unspecified atom stereocenters. The number of nitrogens with one attached hydrogen (secondary N) is 1. The van der Waals surface area contributed by atoms with Crippen LogP contribution in [0.2, 0.25) is 0 Å². The van der Waals surface area contributed by atoms with Gasteiger partial charge in [-0.2, -0.15) is 0 Å². The van der Waals surface area contributed by atoms with Crippen molar-refractivity contribution in [3.05, 3.63) is 23.7 Å². The molecule has 1 aromatic heterocycles. The van der Waals surface area contributed by atoms with Crippen molar-refractivity contribution in [1.29, 1.82) is 0 Å². The molecule has 0 fully saturated rings. The van der Waals surface area contributed by atoms with Gasteiger partial charge in [0.2, 0.25) is 0 Å². The molecule has 94 valence electrons. The minimum Gasteiger partial charge on any atom is -0.478 e. The summed E-state index contributed by atoms with van der Waals surface area (Å²) in [6, 6.07) is 1.14. The Morgan fingerprint density at radius 1 is 1.59 bits per heavy atom. The highest BCUT2D eigenvalue weighted by atomic mass is 32.2. The molecule has 0 aliphatic heterocycles. The van der Waals surface area contributed by atoms with Crippen molar-refractivity contribution in [2.75, 3.05) is 12.8 Å². The standard InChI is InChI=1S/C10H13NO5S/c1-6(17(2)15)4-11-9(12)8-3-7(5-16-8)10(13)14/h3,5-6H,4H2,1-2H3,(H,11,12)(H,13,14). The molecule has 0 bridgehead atoms. The molecule has 1 aromatic rings. The summed E-state index contributed by atoms with van der Waals surface area (Å²) in [7, 11) is -1.02. The van der Waals surface area contributed by atoms with Gasteiger partial charge >= 0.3 is 5.97 Å². The zero-order chi connectivity index (χ0) is 13.0. The molecule has 0 aromatic carbocycles. The zero-order valence-corrected chi connectivity index (χ0v) is 10.2. The van der Waals surface area contributed by atoms with E-state index in [1.807, 2.05) is 0 Å². The fourth-order valence-corrected chi connectivity index (χ4v) is 1.33. The summed E-state index contributed by atoms with van der Waals surface area (Å²) >= 11 is 0. The number of rotatable bonds is 5. The second kappa shape index (κ2) is 5.62. The minimum atomic E-state index is -1.16. The summed E-state index contributed by atoms with van der Waals surface area (Å²) in [5.74, 6) is -1.75. The molecule has 0 aliphatic rings. The van der Waals surface area contributed by atoms with Crippen LogP contribution >= 0.6 is 0 Å². The molecule has 0 saturated carbocycles. The molecule has 17 heavy (non-hydrogen) atoms. The van der Waals surface area contributed by atoms with Crippen LogP contribution in [0.1, 0.15) is 27.8 Å². The fourth-order valence-electron chi connectivity index (χ4n) is 1.01. The lowest BCUT2D eigenvalue weighted by Crippen LogP contribution is -2.32. The van der Waals surface area contributed by atoms with Gasteiger partial charge < -0.3 is 14.8 Å². The largest absolute Gasteiger partial charge is 0.478 e. The van der Waals surface area contributed by atoms with Crippen LogP contribution in [0, 0.1) is 0 Å². The van der Waals surface area contributed by atoms with Gasteiger partial charge in [-0.05, 0) is 6.92 Å². The van der Waals surface area contributed by atoms with E-state index in [0.717, 1.165) is 12.3 Å². The molecule has 1 rings (SSSR count). The molecule has 2 N–H and O–H groups in total. The molecule has 2 atom stereocenters. The number of hydrogen-bond acceptors (Lipinski definition) is 4. The third-order valence-electron chi connectivity index (χ3n) is 2.19. The Morgan fingerprint density at radius 3 is 2.71 bits per heavy atom. The van der Waals surface area contributed by atoms with Crippen molar-refractivity contribution >= 4 is 22.7 Å². The molecule has 7 heteroatoms. The molecular weight excluding hydrogens is 246 g/mol. The summed E-state index contributed by atoms with van der Waals surface area (Å²) in [6.07, 6.45) is 2.55. The van der Waals surface area contributed by atoms with Gasteiger partial charge in [-0.1, -0.05) is 0 Å². The van der Waals surface area contributed by atoms with Gasteiger partial charge in [0.15, 0.2) is 5.76 Å². The number of carboxylic acids is 1. The molecular formula is C10H13NO5S. The zero-order valence-electron chi connectivity index (χ0n) is 9.43. The van der Waals surface area contributed by atoms with Crippen molar-refractivity contribution in [1.82, 2.24) is 5.32 Å². The SMILES string of the molecule is CC(CNC(=O)c1cc(C(=O)O)co1)S(C)=O. The first-order valence-electron chi connectivity index (χ1n) is 4.84. The molecule has 0 spiro atoms. The smallest absolute Gasteiger partial charge is 0.338 e. The molecule has 0 saturated heterocycles. The van der Waals surface area contributed by atoms with Gasteiger partial charge in [0.05, 0.1) is 5.56 Å². The topological polar surface area (TPSA) is 96.6 Å². The quantitative estimate of drug-likeness (QED) is 0.801. The van der Waals surface area contributed by atoms with Gasteiger partial charge in [0, 0.05) is 34.9 Å². The van der Waals surface area contributed by atoms with Crippen LogP contribution in [0.4, 0.5) is 0 Å². The normalized spacial score (nSPS) is 14.0. The first-order valence-corrected chi connectivity index (χ1v) is 6.46. The number of amides is 1. The average Bonchev–Trinajstić information content (AvgIpc) is 2.74. The van der Waals surface area contributed by atoms with Crippen LogP contribution in [0.5, 0.6) is 0 Å². The molecule has 0 radical (unpaired) electrons. The maximum Gasteiger partial charge on any atom is 0.338 e. The number of carboxylic acid groups (broad SMARTS) is 1. The van der Waals surface area contributed by atoms with E-state index in [1.165, 1.54) is 0 Å². The maximum absolute atomic E-state index is 11.5. The Morgan fingerprint density at radius 2 is 2.24 bits per heavy atom. The van der Waals surface area contributed by atoms with E-state index in [9.17, 15) is 13.8 Å². The number of furan rings is 1. The van der Waals surface area contributed by atoms with Crippen molar-refractivity contribution in [3.63, 3.8) is 0 Å². The molecule has 6 nitrogen and oxygen atoms in total. The highest BCUT2D eigenvalue weighted by Crippen LogP contribution is 2.07.